The van der Waals surface area contributed by atoms with Crippen LogP contribution in [-0.4, -0.2) is 15.1 Å². The summed E-state index contributed by atoms with van der Waals surface area (Å²) in [7, 11) is 0. The van der Waals surface area contributed by atoms with Gasteiger partial charge in [-0.05, 0) is 22.4 Å². The average Bonchev–Trinajstić information content (AvgIpc) is 3.09. The highest BCUT2D eigenvalue weighted by Crippen LogP contribution is 2.21. The van der Waals surface area contributed by atoms with Crippen LogP contribution in [0, 0.1) is 0 Å². The maximum absolute atomic E-state index is 5.25. The van der Waals surface area contributed by atoms with E-state index in [2.05, 4.69) is 20.5 Å². The molecule has 5 nitrogen and oxygen atoms in total. The lowest BCUT2D eigenvalue weighted by Crippen LogP contribution is -1.89. The van der Waals surface area contributed by atoms with Crippen molar-refractivity contribution in [2.45, 2.75) is 19.8 Å². The van der Waals surface area contributed by atoms with Crippen LogP contribution in [0.1, 0.15) is 24.1 Å². The van der Waals surface area contributed by atoms with Gasteiger partial charge in [0.15, 0.2) is 17.9 Å². The van der Waals surface area contributed by atoms with Gasteiger partial charge in [-0.25, -0.2) is 4.98 Å². The Bertz CT molecular complexity index is 627. The largest absolute Gasteiger partial charge is 0.448 e. The summed E-state index contributed by atoms with van der Waals surface area (Å²) in [5, 5.41) is 8.06. The molecule has 0 aliphatic rings. The minimum absolute atomic E-state index is 0.422. The second-order valence-electron chi connectivity index (χ2n) is 3.80. The van der Waals surface area contributed by atoms with E-state index < -0.39 is 0 Å². The molecule has 0 spiro atoms. The molecule has 0 radical (unpaired) electrons. The third kappa shape index (κ3) is 2.06. The molecule has 0 atom stereocenters. The number of rotatable bonds is 4. The van der Waals surface area contributed by atoms with E-state index in [4.69, 9.17) is 8.94 Å². The lowest BCUT2D eigenvalue weighted by Gasteiger charge is -1.90. The van der Waals surface area contributed by atoms with Gasteiger partial charge < -0.3 is 8.94 Å². The van der Waals surface area contributed by atoms with Crippen LogP contribution >= 0.6 is 11.3 Å². The first kappa shape index (κ1) is 11.2. The van der Waals surface area contributed by atoms with Gasteiger partial charge in [-0.1, -0.05) is 12.1 Å². The van der Waals surface area contributed by atoms with Crippen LogP contribution in [-0.2, 0) is 12.8 Å². The summed E-state index contributed by atoms with van der Waals surface area (Å²) in [4.78, 5) is 8.45. The van der Waals surface area contributed by atoms with Crippen molar-refractivity contribution < 1.29 is 8.94 Å². The molecule has 3 aromatic heterocycles. The number of hydrogen-bond donors (Lipinski definition) is 0. The lowest BCUT2D eigenvalue weighted by atomic mass is 10.2. The summed E-state index contributed by atoms with van der Waals surface area (Å²) in [6.07, 6.45) is 2.82. The molecule has 0 aromatic carbocycles. The van der Waals surface area contributed by atoms with Gasteiger partial charge in [0.1, 0.15) is 5.76 Å². The molecule has 0 aliphatic carbocycles. The number of aryl methyl sites for hydroxylation is 1. The first-order valence-electron chi connectivity index (χ1n) is 5.63. The number of aromatic nitrogens is 3. The van der Waals surface area contributed by atoms with Crippen LogP contribution in [0.25, 0.3) is 11.6 Å². The fraction of sp³-hybridized carbons (Fsp3) is 0.250. The Kier molecular flexibility index (Phi) is 2.93. The van der Waals surface area contributed by atoms with Gasteiger partial charge >= 0.3 is 0 Å². The smallest absolute Gasteiger partial charge is 0.280 e. The number of nitrogens with zero attached hydrogens (tertiary/aromatic N) is 3. The zero-order chi connectivity index (χ0) is 12.4. The summed E-state index contributed by atoms with van der Waals surface area (Å²) >= 11 is 1.66. The van der Waals surface area contributed by atoms with Crippen LogP contribution in [0.3, 0.4) is 0 Å². The van der Waals surface area contributed by atoms with E-state index in [1.807, 2.05) is 18.4 Å². The highest BCUT2D eigenvalue weighted by molar-refractivity contribution is 7.07. The second-order valence-corrected chi connectivity index (χ2v) is 4.58. The van der Waals surface area contributed by atoms with Crippen molar-refractivity contribution in [1.29, 1.82) is 0 Å². The van der Waals surface area contributed by atoms with Crippen molar-refractivity contribution >= 4 is 11.3 Å². The number of thiophene rings is 1. The fourth-order valence-electron chi connectivity index (χ4n) is 1.69. The zero-order valence-corrected chi connectivity index (χ0v) is 10.6. The molecule has 6 heteroatoms. The number of hydrogen-bond acceptors (Lipinski definition) is 6. The zero-order valence-electron chi connectivity index (χ0n) is 9.79. The van der Waals surface area contributed by atoms with Gasteiger partial charge in [0.05, 0.1) is 0 Å². The predicted molar refractivity (Wildman–Crippen MR) is 66.3 cm³/mol. The van der Waals surface area contributed by atoms with Gasteiger partial charge in [-0.2, -0.15) is 16.3 Å². The molecule has 0 N–H and O–H groups in total. The topological polar surface area (TPSA) is 65.0 Å². The SMILES string of the molecule is CCc1ocnc1-c1nc(Cc2ccsc2)no1. The van der Waals surface area contributed by atoms with Gasteiger partial charge in [-0.15, -0.1) is 0 Å². The Morgan fingerprint density at radius 2 is 2.33 bits per heavy atom. The van der Waals surface area contributed by atoms with Crippen molar-refractivity contribution in [2.75, 3.05) is 0 Å². The third-order valence-corrected chi connectivity index (χ3v) is 3.31. The van der Waals surface area contributed by atoms with Gasteiger partial charge in [-0.3, -0.25) is 0 Å². The first-order valence-corrected chi connectivity index (χ1v) is 6.57. The molecule has 92 valence electrons. The Labute approximate surface area is 107 Å². The normalized spacial score (nSPS) is 10.9. The molecular formula is C12H11N3O2S. The quantitative estimate of drug-likeness (QED) is 0.722. The predicted octanol–water partition coefficient (Wildman–Crippen LogP) is 2.94. The molecule has 0 aliphatic heterocycles. The summed E-state index contributed by atoms with van der Waals surface area (Å²) < 4.78 is 10.5. The van der Waals surface area contributed by atoms with E-state index in [1.165, 1.54) is 12.0 Å². The Balaban J connectivity index is 1.85. The van der Waals surface area contributed by atoms with Gasteiger partial charge in [0, 0.05) is 12.8 Å². The molecule has 0 bridgehead atoms. The molecule has 3 aromatic rings. The van der Waals surface area contributed by atoms with Crippen molar-refractivity contribution in [3.8, 4) is 11.6 Å². The monoisotopic (exact) mass is 261 g/mol. The molecule has 18 heavy (non-hydrogen) atoms. The maximum atomic E-state index is 5.25. The highest BCUT2D eigenvalue weighted by atomic mass is 32.1. The van der Waals surface area contributed by atoms with Crippen molar-refractivity contribution in [3.05, 3.63) is 40.4 Å². The van der Waals surface area contributed by atoms with E-state index in [9.17, 15) is 0 Å². The average molecular weight is 261 g/mol. The molecule has 0 saturated carbocycles. The standard InChI is InChI=1S/C12H11N3O2S/c1-2-9-11(13-7-16-9)12-14-10(15-17-12)5-8-3-4-18-6-8/h3-4,6-7H,2,5H2,1H3. The third-order valence-electron chi connectivity index (χ3n) is 2.58. The molecule has 0 fully saturated rings. The molecule has 0 unspecified atom stereocenters. The first-order chi connectivity index (χ1) is 8.86. The van der Waals surface area contributed by atoms with Crippen LogP contribution in [0.4, 0.5) is 0 Å². The minimum atomic E-state index is 0.422. The fourth-order valence-corrected chi connectivity index (χ4v) is 2.36. The van der Waals surface area contributed by atoms with E-state index in [0.29, 0.717) is 23.8 Å². The molecular weight excluding hydrogens is 250 g/mol. The summed E-state index contributed by atoms with van der Waals surface area (Å²) in [5.41, 5.74) is 1.82. The van der Waals surface area contributed by atoms with Crippen molar-refractivity contribution in [3.63, 3.8) is 0 Å². The Hall–Kier alpha value is -1.95. The van der Waals surface area contributed by atoms with Crippen molar-refractivity contribution in [2.24, 2.45) is 0 Å². The molecule has 3 heterocycles. The summed E-state index contributed by atoms with van der Waals surface area (Å²) in [6.45, 7) is 1.99. The van der Waals surface area contributed by atoms with E-state index >= 15 is 0 Å². The van der Waals surface area contributed by atoms with Gasteiger partial charge in [0.2, 0.25) is 0 Å². The highest BCUT2D eigenvalue weighted by Gasteiger charge is 2.16. The summed E-state index contributed by atoms with van der Waals surface area (Å²) in [6, 6.07) is 2.05. The maximum Gasteiger partial charge on any atom is 0.280 e. The van der Waals surface area contributed by atoms with Crippen LogP contribution < -0.4 is 0 Å². The summed E-state index contributed by atoms with van der Waals surface area (Å²) in [5.74, 6) is 1.85. The molecule has 3 rings (SSSR count). The minimum Gasteiger partial charge on any atom is -0.448 e. The van der Waals surface area contributed by atoms with Crippen LogP contribution in [0.15, 0.2) is 32.2 Å². The van der Waals surface area contributed by atoms with E-state index in [-0.39, 0.29) is 0 Å². The van der Waals surface area contributed by atoms with Crippen molar-refractivity contribution in [1.82, 2.24) is 15.1 Å². The van der Waals surface area contributed by atoms with E-state index in [1.54, 1.807) is 11.3 Å². The van der Waals surface area contributed by atoms with E-state index in [0.717, 1.165) is 12.2 Å². The van der Waals surface area contributed by atoms with Crippen LogP contribution in [0.5, 0.6) is 0 Å². The van der Waals surface area contributed by atoms with Gasteiger partial charge in [0.25, 0.3) is 5.89 Å². The Morgan fingerprint density at radius 3 is 3.11 bits per heavy atom. The van der Waals surface area contributed by atoms with Crippen LogP contribution in [0.2, 0.25) is 0 Å². The molecule has 0 saturated heterocycles. The lowest BCUT2D eigenvalue weighted by molar-refractivity contribution is 0.421. The Morgan fingerprint density at radius 1 is 1.39 bits per heavy atom. The second kappa shape index (κ2) is 4.73. The number of oxazole rings is 1. The molecule has 0 amide bonds.